The van der Waals surface area contributed by atoms with Crippen LogP contribution in [0, 0.1) is 0 Å². The molecule has 0 fully saturated rings. The van der Waals surface area contributed by atoms with E-state index in [1.807, 2.05) is 72.8 Å². The molecule has 0 spiro atoms. The molecule has 0 N–H and O–H groups in total. The fourth-order valence-electron chi connectivity index (χ4n) is 3.88. The number of carbonyl (C=O) groups excluding carboxylic acids is 2. The molecule has 6 nitrogen and oxygen atoms in total. The van der Waals surface area contributed by atoms with Crippen LogP contribution in [0.2, 0.25) is 0 Å². The third-order valence-electron chi connectivity index (χ3n) is 6.34. The fourth-order valence-corrected chi connectivity index (χ4v) is 3.88. The Bertz CT molecular complexity index is 1130. The van der Waals surface area contributed by atoms with E-state index in [0.29, 0.717) is 17.3 Å². The standard InChI is InChI=1S/C28H34N4O2/c1-7-21(2)25-18-11-12-19-26(25)32(6)28(34)31(5)24-17-13-16-23(20-24)30(4)27(33)29(3)22-14-9-8-10-15-22/h8-21H,7H2,1-6H3. The van der Waals surface area contributed by atoms with E-state index in [4.69, 9.17) is 0 Å². The van der Waals surface area contributed by atoms with Gasteiger partial charge in [-0.05, 0) is 54.3 Å². The molecule has 0 aliphatic heterocycles. The molecule has 0 saturated carbocycles. The van der Waals surface area contributed by atoms with Gasteiger partial charge in [-0.15, -0.1) is 0 Å². The summed E-state index contributed by atoms with van der Waals surface area (Å²) in [5.41, 5.74) is 4.27. The van der Waals surface area contributed by atoms with E-state index in [0.717, 1.165) is 23.4 Å². The lowest BCUT2D eigenvalue weighted by Gasteiger charge is -2.29. The van der Waals surface area contributed by atoms with Crippen LogP contribution in [0.5, 0.6) is 0 Å². The topological polar surface area (TPSA) is 47.1 Å². The van der Waals surface area contributed by atoms with Crippen molar-refractivity contribution in [1.29, 1.82) is 0 Å². The lowest BCUT2D eigenvalue weighted by atomic mass is 9.96. The molecule has 34 heavy (non-hydrogen) atoms. The Morgan fingerprint density at radius 3 is 1.71 bits per heavy atom. The van der Waals surface area contributed by atoms with Gasteiger partial charge in [-0.25, -0.2) is 9.59 Å². The van der Waals surface area contributed by atoms with Crippen LogP contribution in [0.3, 0.4) is 0 Å². The van der Waals surface area contributed by atoms with Crippen molar-refractivity contribution in [3.8, 4) is 0 Å². The summed E-state index contributed by atoms with van der Waals surface area (Å²) in [6.07, 6.45) is 0.995. The molecule has 178 valence electrons. The Labute approximate surface area is 203 Å². The largest absolute Gasteiger partial charge is 0.328 e. The Hall–Kier alpha value is -3.80. The van der Waals surface area contributed by atoms with Gasteiger partial charge in [0.15, 0.2) is 0 Å². The van der Waals surface area contributed by atoms with Crippen molar-refractivity contribution >= 4 is 34.8 Å². The summed E-state index contributed by atoms with van der Waals surface area (Å²) in [4.78, 5) is 32.9. The maximum atomic E-state index is 13.4. The van der Waals surface area contributed by atoms with Crippen LogP contribution in [0.25, 0.3) is 0 Å². The molecule has 6 heteroatoms. The molecule has 3 aromatic rings. The number of hydrogen-bond acceptors (Lipinski definition) is 2. The summed E-state index contributed by atoms with van der Waals surface area (Å²) in [6.45, 7) is 4.32. The van der Waals surface area contributed by atoms with Crippen molar-refractivity contribution in [2.45, 2.75) is 26.2 Å². The number of carbonyl (C=O) groups is 2. The average molecular weight is 459 g/mol. The third kappa shape index (κ3) is 5.22. The van der Waals surface area contributed by atoms with Gasteiger partial charge in [0.25, 0.3) is 0 Å². The minimum absolute atomic E-state index is 0.150. The first-order valence-corrected chi connectivity index (χ1v) is 11.5. The van der Waals surface area contributed by atoms with Crippen LogP contribution in [0.4, 0.5) is 32.3 Å². The zero-order valence-electron chi connectivity index (χ0n) is 20.9. The molecule has 1 unspecified atom stereocenters. The molecular weight excluding hydrogens is 424 g/mol. The Kier molecular flexibility index (Phi) is 7.95. The maximum absolute atomic E-state index is 13.4. The van der Waals surface area contributed by atoms with E-state index >= 15 is 0 Å². The smallest absolute Gasteiger partial charge is 0.297 e. The molecule has 0 heterocycles. The summed E-state index contributed by atoms with van der Waals surface area (Å²) in [7, 11) is 7.03. The van der Waals surface area contributed by atoms with E-state index in [2.05, 4.69) is 19.9 Å². The van der Waals surface area contributed by atoms with Crippen LogP contribution in [0.1, 0.15) is 31.7 Å². The number of hydrogen-bond donors (Lipinski definition) is 0. The van der Waals surface area contributed by atoms with Gasteiger partial charge in [0, 0.05) is 50.9 Å². The first kappa shape index (κ1) is 24.8. The van der Waals surface area contributed by atoms with Crippen LogP contribution < -0.4 is 19.6 Å². The van der Waals surface area contributed by atoms with Crippen LogP contribution in [-0.2, 0) is 0 Å². The van der Waals surface area contributed by atoms with E-state index < -0.39 is 0 Å². The van der Waals surface area contributed by atoms with Crippen molar-refractivity contribution in [3.05, 3.63) is 84.4 Å². The van der Waals surface area contributed by atoms with Gasteiger partial charge in [-0.3, -0.25) is 19.6 Å². The zero-order valence-corrected chi connectivity index (χ0v) is 20.9. The van der Waals surface area contributed by atoms with Gasteiger partial charge in [-0.2, -0.15) is 0 Å². The summed E-state index contributed by atoms with van der Waals surface area (Å²) in [6, 6.07) is 24.6. The maximum Gasteiger partial charge on any atom is 0.328 e. The van der Waals surface area contributed by atoms with Crippen molar-refractivity contribution in [2.75, 3.05) is 47.8 Å². The normalized spacial score (nSPS) is 11.5. The van der Waals surface area contributed by atoms with E-state index in [1.165, 1.54) is 0 Å². The van der Waals surface area contributed by atoms with Gasteiger partial charge >= 0.3 is 12.1 Å². The predicted octanol–water partition coefficient (Wildman–Crippen LogP) is 6.59. The van der Waals surface area contributed by atoms with Crippen LogP contribution >= 0.6 is 0 Å². The third-order valence-corrected chi connectivity index (χ3v) is 6.34. The fraction of sp³-hybridized carbons (Fsp3) is 0.286. The van der Waals surface area contributed by atoms with Crippen molar-refractivity contribution in [3.63, 3.8) is 0 Å². The lowest BCUT2D eigenvalue weighted by molar-refractivity contribution is 0.253. The number of benzene rings is 3. The molecule has 3 rings (SSSR count). The average Bonchev–Trinajstić information content (AvgIpc) is 2.90. The monoisotopic (exact) mass is 458 g/mol. The second kappa shape index (κ2) is 10.9. The molecular formula is C28H34N4O2. The number of amides is 4. The Morgan fingerprint density at radius 1 is 0.647 bits per heavy atom. The molecule has 0 saturated heterocycles. The molecule has 0 radical (unpaired) electrons. The SMILES string of the molecule is CCC(C)c1ccccc1N(C)C(=O)N(C)c1cccc(N(C)C(=O)N(C)c2ccccc2)c1. The van der Waals surface area contributed by atoms with Crippen molar-refractivity contribution < 1.29 is 9.59 Å². The molecule has 4 amide bonds. The molecule has 0 aliphatic rings. The van der Waals surface area contributed by atoms with Crippen LogP contribution in [0.15, 0.2) is 78.9 Å². The molecule has 3 aromatic carbocycles. The predicted molar refractivity (Wildman–Crippen MR) is 142 cm³/mol. The van der Waals surface area contributed by atoms with Gasteiger partial charge in [0.05, 0.1) is 0 Å². The summed E-state index contributed by atoms with van der Waals surface area (Å²) < 4.78 is 0. The van der Waals surface area contributed by atoms with Gasteiger partial charge in [-0.1, -0.05) is 56.3 Å². The van der Waals surface area contributed by atoms with E-state index in [-0.39, 0.29) is 12.1 Å². The number of para-hydroxylation sites is 2. The lowest BCUT2D eigenvalue weighted by Crippen LogP contribution is -2.40. The van der Waals surface area contributed by atoms with Crippen molar-refractivity contribution in [1.82, 2.24) is 0 Å². The molecule has 0 aromatic heterocycles. The first-order chi connectivity index (χ1) is 16.3. The number of urea groups is 2. The number of rotatable bonds is 6. The highest BCUT2D eigenvalue weighted by Crippen LogP contribution is 2.30. The van der Waals surface area contributed by atoms with Gasteiger partial charge < -0.3 is 0 Å². The molecule has 0 bridgehead atoms. The summed E-state index contributed by atoms with van der Waals surface area (Å²) in [5, 5.41) is 0. The second-order valence-electron chi connectivity index (χ2n) is 8.52. The minimum Gasteiger partial charge on any atom is -0.297 e. The second-order valence-corrected chi connectivity index (χ2v) is 8.52. The van der Waals surface area contributed by atoms with Crippen molar-refractivity contribution in [2.24, 2.45) is 0 Å². The Morgan fingerprint density at radius 2 is 1.12 bits per heavy atom. The first-order valence-electron chi connectivity index (χ1n) is 11.5. The number of anilines is 4. The van der Waals surface area contributed by atoms with E-state index in [9.17, 15) is 9.59 Å². The molecule has 1 atom stereocenters. The van der Waals surface area contributed by atoms with E-state index in [1.54, 1.807) is 47.8 Å². The van der Waals surface area contributed by atoms with Gasteiger partial charge in [0.2, 0.25) is 0 Å². The van der Waals surface area contributed by atoms with Crippen LogP contribution in [-0.4, -0.2) is 40.3 Å². The number of nitrogens with zero attached hydrogens (tertiary/aromatic N) is 4. The Balaban J connectivity index is 1.81. The highest BCUT2D eigenvalue weighted by molar-refractivity contribution is 6.05. The zero-order chi connectivity index (χ0) is 24.8. The minimum atomic E-state index is -0.170. The highest BCUT2D eigenvalue weighted by atomic mass is 16.2. The summed E-state index contributed by atoms with van der Waals surface area (Å²) in [5.74, 6) is 0.348. The summed E-state index contributed by atoms with van der Waals surface area (Å²) >= 11 is 0. The van der Waals surface area contributed by atoms with Gasteiger partial charge in [0.1, 0.15) is 0 Å². The quantitative estimate of drug-likeness (QED) is 0.419. The highest BCUT2D eigenvalue weighted by Gasteiger charge is 2.22. The molecule has 0 aliphatic carbocycles.